The third-order valence-corrected chi connectivity index (χ3v) is 5.03. The van der Waals surface area contributed by atoms with Gasteiger partial charge in [0.15, 0.2) is 0 Å². The molecule has 3 rings (SSSR count). The number of fused-ring (bicyclic) bond motifs is 1. The number of aromatic nitrogens is 3. The van der Waals surface area contributed by atoms with E-state index < -0.39 is 5.60 Å². The molecule has 9 heteroatoms. The smallest absolute Gasteiger partial charge is 0.410 e. The van der Waals surface area contributed by atoms with Gasteiger partial charge in [0.25, 0.3) is 5.56 Å². The van der Waals surface area contributed by atoms with Crippen LogP contribution < -0.4 is 10.5 Å². The molecule has 1 aliphatic rings. The van der Waals surface area contributed by atoms with Crippen molar-refractivity contribution in [2.75, 3.05) is 18.0 Å². The molecule has 1 N–H and O–H groups in total. The first-order valence-electron chi connectivity index (χ1n) is 9.14. The molecule has 2 aromatic rings. The van der Waals surface area contributed by atoms with E-state index in [4.69, 9.17) is 4.74 Å². The number of amides is 1. The van der Waals surface area contributed by atoms with E-state index >= 15 is 0 Å². The van der Waals surface area contributed by atoms with Gasteiger partial charge in [0.1, 0.15) is 21.7 Å². The van der Waals surface area contributed by atoms with Gasteiger partial charge < -0.3 is 19.5 Å². The van der Waals surface area contributed by atoms with Crippen molar-refractivity contribution in [3.8, 4) is 0 Å². The minimum Gasteiger partial charge on any atom is -0.444 e. The zero-order valence-corrected chi connectivity index (χ0v) is 17.9. The number of carbonyl (C=O) groups is 1. The molecule has 0 spiro atoms. The molecular formula is C18H26BrN5O3. The minimum absolute atomic E-state index is 0.00768. The summed E-state index contributed by atoms with van der Waals surface area (Å²) in [4.78, 5) is 31.5. The third-order valence-electron chi connectivity index (χ3n) is 4.64. The summed E-state index contributed by atoms with van der Waals surface area (Å²) in [6.07, 6.45) is 0.496. The number of hydrogen-bond donors (Lipinski definition) is 1. The van der Waals surface area contributed by atoms with E-state index in [-0.39, 0.29) is 23.7 Å². The van der Waals surface area contributed by atoms with Crippen LogP contribution in [0.3, 0.4) is 0 Å². The number of anilines is 1. The van der Waals surface area contributed by atoms with Crippen LogP contribution in [0.15, 0.2) is 21.5 Å². The Morgan fingerprint density at radius 3 is 2.70 bits per heavy atom. The predicted molar refractivity (Wildman–Crippen MR) is 107 cm³/mol. The summed E-state index contributed by atoms with van der Waals surface area (Å²) in [5, 5.41) is 4.43. The molecule has 0 unspecified atom stereocenters. The molecule has 8 nitrogen and oxygen atoms in total. The van der Waals surface area contributed by atoms with Gasteiger partial charge in [0.2, 0.25) is 0 Å². The molecule has 1 aliphatic heterocycles. The van der Waals surface area contributed by atoms with Gasteiger partial charge in [-0.1, -0.05) is 6.92 Å². The molecule has 0 aromatic carbocycles. The molecule has 2 atom stereocenters. The average Bonchev–Trinajstić information content (AvgIpc) is 2.92. The summed E-state index contributed by atoms with van der Waals surface area (Å²) in [6, 6.07) is 3.32. The Morgan fingerprint density at radius 2 is 2.07 bits per heavy atom. The zero-order valence-electron chi connectivity index (χ0n) is 16.3. The molecule has 0 aliphatic carbocycles. The normalized spacial score (nSPS) is 21.0. The van der Waals surface area contributed by atoms with Crippen molar-refractivity contribution >= 4 is 33.5 Å². The van der Waals surface area contributed by atoms with Gasteiger partial charge in [-0.15, -0.1) is 0 Å². The zero-order chi connectivity index (χ0) is 19.9. The highest BCUT2D eigenvalue weighted by atomic mass is 79.9. The first-order chi connectivity index (χ1) is 12.6. The quantitative estimate of drug-likeness (QED) is 0.777. The summed E-state index contributed by atoms with van der Waals surface area (Å²) < 4.78 is 7.95. The fraction of sp³-hybridized carbons (Fsp3) is 0.611. The fourth-order valence-electron chi connectivity index (χ4n) is 3.41. The van der Waals surface area contributed by atoms with Gasteiger partial charge in [-0.2, -0.15) is 9.61 Å². The van der Waals surface area contributed by atoms with Gasteiger partial charge in [-0.05, 0) is 50.0 Å². The van der Waals surface area contributed by atoms with E-state index in [1.807, 2.05) is 34.6 Å². The number of hydrogen-bond acceptors (Lipinski definition) is 5. The molecule has 1 saturated heterocycles. The number of nitrogens with one attached hydrogen (secondary N) is 1. The predicted octanol–water partition coefficient (Wildman–Crippen LogP) is 3.01. The highest BCUT2D eigenvalue weighted by Gasteiger charge is 2.36. The number of nitrogens with zero attached hydrogens (tertiary/aromatic N) is 4. The number of piperazine rings is 1. The summed E-state index contributed by atoms with van der Waals surface area (Å²) in [5.41, 5.74) is -0.0883. The SMILES string of the molecule is CC[C@@H]1CN(c2cc(=O)[nH]c3cc(Br)nn23)[C@@H](C)CN1C(=O)OC(C)(C)C. The van der Waals surface area contributed by atoms with E-state index in [1.54, 1.807) is 21.5 Å². The van der Waals surface area contributed by atoms with Gasteiger partial charge in [0, 0.05) is 31.3 Å². The Bertz CT molecular complexity index is 901. The standard InChI is InChI=1S/C18H26BrN5O3/c1-6-12-10-22(11(2)9-23(12)17(26)27-18(3,4)5)16-8-15(25)20-14-7-13(19)21-24(14)16/h7-8,11-12H,6,9-10H2,1-5H3,(H,20,25)/t11-,12+/m0/s1. The van der Waals surface area contributed by atoms with Crippen molar-refractivity contribution < 1.29 is 9.53 Å². The second-order valence-corrected chi connectivity index (χ2v) is 8.76. The van der Waals surface area contributed by atoms with Crippen LogP contribution in [0.5, 0.6) is 0 Å². The largest absolute Gasteiger partial charge is 0.444 e. The molecule has 0 bridgehead atoms. The summed E-state index contributed by atoms with van der Waals surface area (Å²) in [6.45, 7) is 10.8. The molecule has 0 saturated carbocycles. The van der Waals surface area contributed by atoms with Gasteiger partial charge in [0.05, 0.1) is 6.04 Å². The van der Waals surface area contributed by atoms with Crippen LogP contribution in [0.2, 0.25) is 0 Å². The average molecular weight is 440 g/mol. The van der Waals surface area contributed by atoms with Crippen LogP contribution in [0.25, 0.3) is 5.65 Å². The molecule has 1 amide bonds. The summed E-state index contributed by atoms with van der Waals surface area (Å²) in [7, 11) is 0. The van der Waals surface area contributed by atoms with Crippen molar-refractivity contribution in [3.63, 3.8) is 0 Å². The molecule has 27 heavy (non-hydrogen) atoms. The second-order valence-electron chi connectivity index (χ2n) is 7.95. The van der Waals surface area contributed by atoms with Crippen LogP contribution in [0, 0.1) is 0 Å². The van der Waals surface area contributed by atoms with E-state index in [9.17, 15) is 9.59 Å². The van der Waals surface area contributed by atoms with E-state index in [1.165, 1.54) is 0 Å². The van der Waals surface area contributed by atoms with E-state index in [0.717, 1.165) is 6.42 Å². The van der Waals surface area contributed by atoms with Crippen molar-refractivity contribution in [1.29, 1.82) is 0 Å². The van der Waals surface area contributed by atoms with Gasteiger partial charge >= 0.3 is 6.09 Å². The second kappa shape index (κ2) is 7.18. The molecule has 2 aromatic heterocycles. The van der Waals surface area contributed by atoms with Crippen molar-refractivity contribution in [2.45, 2.75) is 58.7 Å². The van der Waals surface area contributed by atoms with Crippen LogP contribution in [0.1, 0.15) is 41.0 Å². The summed E-state index contributed by atoms with van der Waals surface area (Å²) in [5.74, 6) is 0.717. The topological polar surface area (TPSA) is 82.9 Å². The molecule has 3 heterocycles. The minimum atomic E-state index is -0.532. The van der Waals surface area contributed by atoms with Crippen molar-refractivity contribution in [2.24, 2.45) is 0 Å². The third kappa shape index (κ3) is 4.12. The van der Waals surface area contributed by atoms with Crippen LogP contribution in [-0.2, 0) is 4.74 Å². The number of carbonyl (C=O) groups excluding carboxylic acids is 1. The molecular weight excluding hydrogens is 414 g/mol. The Kier molecular flexibility index (Phi) is 5.24. The van der Waals surface area contributed by atoms with Gasteiger partial charge in [-0.3, -0.25) is 4.79 Å². The lowest BCUT2D eigenvalue weighted by Gasteiger charge is -2.45. The lowest BCUT2D eigenvalue weighted by atomic mass is 10.1. The van der Waals surface area contributed by atoms with Crippen molar-refractivity contribution in [3.05, 3.63) is 27.1 Å². The van der Waals surface area contributed by atoms with Gasteiger partial charge in [-0.25, -0.2) is 4.79 Å². The lowest BCUT2D eigenvalue weighted by Crippen LogP contribution is -2.60. The van der Waals surface area contributed by atoms with Crippen LogP contribution >= 0.6 is 15.9 Å². The number of aromatic amines is 1. The highest BCUT2D eigenvalue weighted by Crippen LogP contribution is 2.26. The maximum absolute atomic E-state index is 12.6. The maximum Gasteiger partial charge on any atom is 0.410 e. The Morgan fingerprint density at radius 1 is 1.37 bits per heavy atom. The highest BCUT2D eigenvalue weighted by molar-refractivity contribution is 9.10. The Balaban J connectivity index is 1.92. The first kappa shape index (κ1) is 19.7. The van der Waals surface area contributed by atoms with Crippen LogP contribution in [0.4, 0.5) is 10.6 Å². The molecule has 0 radical (unpaired) electrons. The fourth-order valence-corrected chi connectivity index (χ4v) is 3.79. The molecule has 1 fully saturated rings. The van der Waals surface area contributed by atoms with Crippen LogP contribution in [-0.4, -0.2) is 56.4 Å². The number of halogens is 1. The number of ether oxygens (including phenoxy) is 1. The Labute approximate surface area is 166 Å². The lowest BCUT2D eigenvalue weighted by molar-refractivity contribution is 0.0105. The Hall–Kier alpha value is -2.03. The summed E-state index contributed by atoms with van der Waals surface area (Å²) >= 11 is 3.36. The first-order valence-corrected chi connectivity index (χ1v) is 9.93. The molecule has 148 valence electrons. The van der Waals surface area contributed by atoms with E-state index in [2.05, 4.69) is 30.9 Å². The van der Waals surface area contributed by atoms with E-state index in [0.29, 0.717) is 29.2 Å². The number of H-pyrrole nitrogens is 1. The maximum atomic E-state index is 12.6. The monoisotopic (exact) mass is 439 g/mol. The van der Waals surface area contributed by atoms with Crippen molar-refractivity contribution in [1.82, 2.24) is 19.5 Å². The number of rotatable bonds is 2.